The largest absolute Gasteiger partial charge is 0.507 e. The fourth-order valence-corrected chi connectivity index (χ4v) is 2.47. The molecule has 0 saturated heterocycles. The third-order valence-electron chi connectivity index (χ3n) is 3.83. The lowest BCUT2D eigenvalue weighted by molar-refractivity contribution is 0.0950. The maximum Gasteiger partial charge on any atom is 0.292 e. The molecule has 3 aromatic rings. The van der Waals surface area contributed by atoms with Gasteiger partial charge in [0.25, 0.3) is 11.5 Å². The van der Waals surface area contributed by atoms with Gasteiger partial charge in [-0.1, -0.05) is 18.2 Å². The summed E-state index contributed by atoms with van der Waals surface area (Å²) in [6.07, 6.45) is 0. The van der Waals surface area contributed by atoms with Gasteiger partial charge in [-0.15, -0.1) is 0 Å². The second-order valence-electron chi connectivity index (χ2n) is 5.47. The number of benzene rings is 2. The number of aromatic amines is 1. The molecule has 0 bridgehead atoms. The van der Waals surface area contributed by atoms with Gasteiger partial charge in [-0.05, 0) is 31.2 Å². The predicted molar refractivity (Wildman–Crippen MR) is 96.7 cm³/mol. The molecule has 0 saturated carbocycles. The zero-order chi connectivity index (χ0) is 18.7. The van der Waals surface area contributed by atoms with Crippen LogP contribution in [0.25, 0.3) is 10.8 Å². The number of hydrogen-bond acceptors (Lipinski definition) is 6. The normalized spacial score (nSPS) is 11.4. The molecular formula is C18H16N4O4. The highest BCUT2D eigenvalue weighted by Crippen LogP contribution is 2.23. The van der Waals surface area contributed by atoms with E-state index in [1.807, 2.05) is 0 Å². The predicted octanol–water partition coefficient (Wildman–Crippen LogP) is 1.79. The first-order valence-electron chi connectivity index (χ1n) is 7.70. The third kappa shape index (κ3) is 3.25. The summed E-state index contributed by atoms with van der Waals surface area (Å²) in [6.45, 7) is 1.63. The minimum Gasteiger partial charge on any atom is -0.507 e. The number of nitrogens with one attached hydrogen (secondary N) is 2. The molecule has 1 aromatic heterocycles. The molecule has 3 N–H and O–H groups in total. The van der Waals surface area contributed by atoms with E-state index in [-0.39, 0.29) is 17.0 Å². The number of aromatic hydroxyl groups is 1. The van der Waals surface area contributed by atoms with Crippen LogP contribution >= 0.6 is 0 Å². The molecule has 8 nitrogen and oxygen atoms in total. The number of methoxy groups -OCH3 is 1. The lowest BCUT2D eigenvalue weighted by atomic mass is 10.1. The first-order valence-corrected chi connectivity index (χ1v) is 7.70. The van der Waals surface area contributed by atoms with Crippen LogP contribution in [-0.2, 0) is 0 Å². The molecule has 0 atom stereocenters. The van der Waals surface area contributed by atoms with Crippen LogP contribution in [0, 0.1) is 0 Å². The Hall–Kier alpha value is -3.68. The summed E-state index contributed by atoms with van der Waals surface area (Å²) in [7, 11) is 1.51. The molecule has 0 aliphatic heterocycles. The number of carbonyl (C=O) groups is 1. The Balaban J connectivity index is 1.91. The van der Waals surface area contributed by atoms with Gasteiger partial charge in [0.2, 0.25) is 0 Å². The van der Waals surface area contributed by atoms with Gasteiger partial charge in [0.05, 0.1) is 18.2 Å². The molecule has 0 aliphatic rings. The topological polar surface area (TPSA) is 117 Å². The summed E-state index contributed by atoms with van der Waals surface area (Å²) in [6, 6.07) is 11.4. The summed E-state index contributed by atoms with van der Waals surface area (Å²) in [5.74, 6) is -0.0277. The number of fused-ring (bicyclic) bond motifs is 1. The van der Waals surface area contributed by atoms with Crippen molar-refractivity contribution in [3.8, 4) is 11.5 Å². The molecule has 0 spiro atoms. The highest BCUT2D eigenvalue weighted by atomic mass is 16.5. The van der Waals surface area contributed by atoms with Gasteiger partial charge in [-0.2, -0.15) is 10.2 Å². The van der Waals surface area contributed by atoms with E-state index >= 15 is 0 Å². The van der Waals surface area contributed by atoms with E-state index in [1.54, 1.807) is 43.3 Å². The number of phenolic OH excluding ortho intramolecular Hbond substituents is 1. The zero-order valence-corrected chi connectivity index (χ0v) is 14.1. The van der Waals surface area contributed by atoms with E-state index in [0.717, 1.165) is 0 Å². The molecule has 0 unspecified atom stereocenters. The van der Waals surface area contributed by atoms with Crippen LogP contribution in [0.2, 0.25) is 0 Å². The van der Waals surface area contributed by atoms with Crippen molar-refractivity contribution in [3.05, 3.63) is 64.1 Å². The Bertz CT molecular complexity index is 1070. The lowest BCUT2D eigenvalue weighted by Gasteiger charge is -2.08. The molecule has 1 heterocycles. The number of aromatic nitrogens is 2. The van der Waals surface area contributed by atoms with Crippen molar-refractivity contribution in [2.24, 2.45) is 5.10 Å². The van der Waals surface area contributed by atoms with E-state index in [0.29, 0.717) is 27.8 Å². The van der Waals surface area contributed by atoms with Crippen molar-refractivity contribution in [3.63, 3.8) is 0 Å². The molecule has 2 aromatic carbocycles. The van der Waals surface area contributed by atoms with Gasteiger partial charge in [0, 0.05) is 10.9 Å². The minimum absolute atomic E-state index is 0.00825. The number of ether oxygens (including phenoxy) is 1. The Labute approximate surface area is 148 Å². The summed E-state index contributed by atoms with van der Waals surface area (Å²) in [5, 5.41) is 20.9. The molecule has 0 fully saturated rings. The Morgan fingerprint density at radius 1 is 1.23 bits per heavy atom. The number of carbonyl (C=O) groups excluding carboxylic acids is 1. The SMILES string of the molecule is COc1ccc(O)c(/C(C)=N/NC(=O)c2n[nH]c(=O)c3ccccc23)c1. The number of amides is 1. The van der Waals surface area contributed by atoms with Gasteiger partial charge < -0.3 is 9.84 Å². The fourth-order valence-electron chi connectivity index (χ4n) is 2.47. The number of nitrogens with zero attached hydrogens (tertiary/aromatic N) is 2. The second-order valence-corrected chi connectivity index (χ2v) is 5.47. The van der Waals surface area contributed by atoms with E-state index in [1.165, 1.54) is 13.2 Å². The average molecular weight is 352 g/mol. The third-order valence-corrected chi connectivity index (χ3v) is 3.83. The smallest absolute Gasteiger partial charge is 0.292 e. The van der Waals surface area contributed by atoms with Gasteiger partial charge in [-0.25, -0.2) is 10.5 Å². The molecule has 8 heteroatoms. The van der Waals surface area contributed by atoms with Crippen molar-refractivity contribution in [2.45, 2.75) is 6.92 Å². The maximum atomic E-state index is 12.4. The van der Waals surface area contributed by atoms with E-state index in [2.05, 4.69) is 20.7 Å². The van der Waals surface area contributed by atoms with E-state index < -0.39 is 5.91 Å². The van der Waals surface area contributed by atoms with Crippen molar-refractivity contribution in [1.82, 2.24) is 15.6 Å². The van der Waals surface area contributed by atoms with Crippen molar-refractivity contribution < 1.29 is 14.6 Å². The lowest BCUT2D eigenvalue weighted by Crippen LogP contribution is -2.23. The number of hydrazone groups is 1. The summed E-state index contributed by atoms with van der Waals surface area (Å²) >= 11 is 0. The quantitative estimate of drug-likeness (QED) is 0.489. The first kappa shape index (κ1) is 17.2. The standard InChI is InChI=1S/C18H16N4O4/c1-10(14-9-11(26-2)7-8-15(14)23)19-22-18(25)16-12-5-3-4-6-13(12)17(24)21-20-16/h3-9,23H,1-2H3,(H,21,24)(H,22,25)/b19-10+. The van der Waals surface area contributed by atoms with Crippen LogP contribution in [0.4, 0.5) is 0 Å². The molecule has 132 valence electrons. The van der Waals surface area contributed by atoms with E-state index in [9.17, 15) is 14.7 Å². The summed E-state index contributed by atoms with van der Waals surface area (Å²) in [4.78, 5) is 24.2. The molecular weight excluding hydrogens is 336 g/mol. The maximum absolute atomic E-state index is 12.4. The van der Waals surface area contributed by atoms with Crippen LogP contribution in [0.5, 0.6) is 11.5 Å². The van der Waals surface area contributed by atoms with Crippen LogP contribution in [0.1, 0.15) is 23.0 Å². The first-order chi connectivity index (χ1) is 12.5. The highest BCUT2D eigenvalue weighted by Gasteiger charge is 2.14. The highest BCUT2D eigenvalue weighted by molar-refractivity contribution is 6.06. The summed E-state index contributed by atoms with van der Waals surface area (Å²) in [5.41, 5.74) is 2.86. The van der Waals surface area contributed by atoms with Gasteiger partial charge in [-0.3, -0.25) is 9.59 Å². The van der Waals surface area contributed by atoms with Crippen LogP contribution in [0.3, 0.4) is 0 Å². The van der Waals surface area contributed by atoms with Crippen LogP contribution in [-0.4, -0.2) is 34.0 Å². The molecule has 3 rings (SSSR count). The summed E-state index contributed by atoms with van der Waals surface area (Å²) < 4.78 is 5.12. The molecule has 1 amide bonds. The van der Waals surface area contributed by atoms with Crippen molar-refractivity contribution in [2.75, 3.05) is 7.11 Å². The van der Waals surface area contributed by atoms with Gasteiger partial charge in [0.15, 0.2) is 5.69 Å². The number of H-pyrrole nitrogens is 1. The van der Waals surface area contributed by atoms with Crippen LogP contribution < -0.4 is 15.7 Å². The number of hydrogen-bond donors (Lipinski definition) is 3. The second kappa shape index (κ2) is 7.06. The Morgan fingerprint density at radius 2 is 1.96 bits per heavy atom. The van der Waals surface area contributed by atoms with E-state index in [4.69, 9.17) is 4.74 Å². The minimum atomic E-state index is -0.584. The Kier molecular flexibility index (Phi) is 4.66. The number of phenols is 1. The monoisotopic (exact) mass is 352 g/mol. The Morgan fingerprint density at radius 3 is 2.69 bits per heavy atom. The zero-order valence-electron chi connectivity index (χ0n) is 14.1. The molecule has 0 radical (unpaired) electrons. The number of rotatable bonds is 4. The van der Waals surface area contributed by atoms with Crippen LogP contribution in [0.15, 0.2) is 52.4 Å². The molecule has 0 aliphatic carbocycles. The average Bonchev–Trinajstić information content (AvgIpc) is 2.66. The van der Waals surface area contributed by atoms with Crippen molar-refractivity contribution >= 4 is 22.4 Å². The molecule has 26 heavy (non-hydrogen) atoms. The fraction of sp³-hybridized carbons (Fsp3) is 0.111. The van der Waals surface area contributed by atoms with Crippen molar-refractivity contribution in [1.29, 1.82) is 0 Å². The van der Waals surface area contributed by atoms with Gasteiger partial charge >= 0.3 is 0 Å². The van der Waals surface area contributed by atoms with Gasteiger partial charge in [0.1, 0.15) is 11.5 Å².